The molecule has 0 aromatic rings. The number of hydrogen-bond donors (Lipinski definition) is 0. The summed E-state index contributed by atoms with van der Waals surface area (Å²) in [6.07, 6.45) is 0.860. The Morgan fingerprint density at radius 2 is 2.40 bits per heavy atom. The van der Waals surface area contributed by atoms with Crippen molar-refractivity contribution in [3.05, 3.63) is 12.0 Å². The number of aldehydes is 1. The lowest BCUT2D eigenvalue weighted by atomic mass is 10.6. The minimum atomic E-state index is -0.880. The van der Waals surface area contributed by atoms with Crippen LogP contribution in [0.5, 0.6) is 0 Å². The van der Waals surface area contributed by atoms with Gasteiger partial charge < -0.3 is 9.47 Å². The van der Waals surface area contributed by atoms with Gasteiger partial charge in [-0.15, -0.1) is 0 Å². The Labute approximate surface area is 67.5 Å². The van der Waals surface area contributed by atoms with Crippen LogP contribution in [0.3, 0.4) is 0 Å². The summed E-state index contributed by atoms with van der Waals surface area (Å²) in [4.78, 5) is 9.23. The van der Waals surface area contributed by atoms with Crippen molar-refractivity contribution in [3.63, 3.8) is 0 Å². The average Bonchev–Trinajstić information content (AvgIpc) is 2.34. The third kappa shape index (κ3) is 1.55. The van der Waals surface area contributed by atoms with E-state index >= 15 is 0 Å². The van der Waals surface area contributed by atoms with Gasteiger partial charge in [-0.25, -0.2) is 0 Å². The highest BCUT2D eigenvalue weighted by molar-refractivity contribution is 6.46. The molecule has 1 aliphatic heterocycles. The predicted octanol–water partition coefficient (Wildman–Crippen LogP) is 1.20. The van der Waals surface area contributed by atoms with Crippen LogP contribution in [0.25, 0.3) is 0 Å². The summed E-state index contributed by atoms with van der Waals surface area (Å²) in [5.74, 6) is 0.264. The van der Waals surface area contributed by atoms with Crippen molar-refractivity contribution in [3.8, 4) is 0 Å². The molecule has 1 unspecified atom stereocenters. The smallest absolute Gasteiger partial charge is 0.296 e. The van der Waals surface area contributed by atoms with Gasteiger partial charge in [0.2, 0.25) is 6.29 Å². The predicted molar refractivity (Wildman–Crippen MR) is 35.6 cm³/mol. The van der Waals surface area contributed by atoms with E-state index in [4.69, 9.17) is 27.9 Å². The number of allylic oxidation sites excluding steroid dienone is 1. The zero-order chi connectivity index (χ0) is 7.56. The molecule has 56 valence electrons. The lowest BCUT2D eigenvalue weighted by Gasteiger charge is -2.03. The molecule has 1 aliphatic rings. The average molecular weight is 183 g/mol. The van der Waals surface area contributed by atoms with Crippen molar-refractivity contribution in [2.45, 2.75) is 11.1 Å². The lowest BCUT2D eigenvalue weighted by molar-refractivity contribution is -0.129. The van der Waals surface area contributed by atoms with Crippen LogP contribution in [0, 0.1) is 0 Å². The lowest BCUT2D eigenvalue weighted by Crippen LogP contribution is -2.10. The van der Waals surface area contributed by atoms with E-state index in [1.807, 2.05) is 0 Å². The van der Waals surface area contributed by atoms with Crippen molar-refractivity contribution < 1.29 is 14.3 Å². The normalized spacial score (nSPS) is 23.5. The summed E-state index contributed by atoms with van der Waals surface area (Å²) in [5, 5.41) is 0. The van der Waals surface area contributed by atoms with Crippen LogP contribution in [0.1, 0.15) is 0 Å². The number of hydrogen-bond acceptors (Lipinski definition) is 3. The molecule has 1 rings (SSSR count). The molecule has 0 N–H and O–H groups in total. The first kappa shape index (κ1) is 7.69. The molecule has 0 spiro atoms. The minimum Gasteiger partial charge on any atom is -0.452 e. The highest BCUT2D eigenvalue weighted by Gasteiger charge is 2.22. The number of rotatable bonds is 2. The first-order chi connectivity index (χ1) is 4.74. The summed E-state index contributed by atoms with van der Waals surface area (Å²) >= 11 is 10.8. The number of alkyl halides is 2. The molecule has 0 saturated carbocycles. The van der Waals surface area contributed by atoms with E-state index in [0.29, 0.717) is 6.29 Å². The van der Waals surface area contributed by atoms with Crippen LogP contribution in [0.4, 0.5) is 0 Å². The molecule has 3 nitrogen and oxygen atoms in total. The standard InChI is InChI=1S/C5H4Cl2O3/c6-5(7)3-2-9-4(1-8)10-3/h1-2,4-5H. The first-order valence-corrected chi connectivity index (χ1v) is 3.37. The molecule has 1 atom stereocenters. The maximum atomic E-state index is 10.0. The summed E-state index contributed by atoms with van der Waals surface area (Å²) in [5.41, 5.74) is 0. The Bertz CT molecular complexity index is 166. The molecular weight excluding hydrogens is 179 g/mol. The van der Waals surface area contributed by atoms with E-state index in [1.54, 1.807) is 0 Å². The van der Waals surface area contributed by atoms with Gasteiger partial charge in [0.05, 0.1) is 0 Å². The quantitative estimate of drug-likeness (QED) is 0.476. The van der Waals surface area contributed by atoms with Crippen molar-refractivity contribution in [1.29, 1.82) is 0 Å². The van der Waals surface area contributed by atoms with Crippen LogP contribution in [-0.2, 0) is 14.3 Å². The second-order valence-electron chi connectivity index (χ2n) is 1.58. The van der Waals surface area contributed by atoms with Crippen LogP contribution in [-0.4, -0.2) is 17.4 Å². The third-order valence-electron chi connectivity index (χ3n) is 0.897. The Morgan fingerprint density at radius 3 is 2.70 bits per heavy atom. The molecule has 0 bridgehead atoms. The van der Waals surface area contributed by atoms with E-state index in [0.717, 1.165) is 0 Å². The van der Waals surface area contributed by atoms with Crippen LogP contribution >= 0.6 is 23.2 Å². The largest absolute Gasteiger partial charge is 0.452 e. The van der Waals surface area contributed by atoms with E-state index in [2.05, 4.69) is 4.74 Å². The van der Waals surface area contributed by atoms with E-state index < -0.39 is 11.1 Å². The molecule has 0 saturated heterocycles. The number of carbonyl (C=O) groups is 1. The van der Waals surface area contributed by atoms with E-state index in [-0.39, 0.29) is 5.76 Å². The van der Waals surface area contributed by atoms with Gasteiger partial charge >= 0.3 is 0 Å². The van der Waals surface area contributed by atoms with Gasteiger partial charge in [-0.2, -0.15) is 0 Å². The first-order valence-electron chi connectivity index (χ1n) is 2.49. The fraction of sp³-hybridized carbons (Fsp3) is 0.400. The molecule has 0 fully saturated rings. The van der Waals surface area contributed by atoms with Gasteiger partial charge in [-0.1, -0.05) is 23.2 Å². The molecule has 0 aromatic heterocycles. The molecule has 0 aliphatic carbocycles. The summed E-state index contributed by atoms with van der Waals surface area (Å²) < 4.78 is 9.43. The summed E-state index contributed by atoms with van der Waals surface area (Å²) in [6, 6.07) is 0. The molecule has 10 heavy (non-hydrogen) atoms. The second-order valence-corrected chi connectivity index (χ2v) is 2.68. The van der Waals surface area contributed by atoms with E-state index in [9.17, 15) is 4.79 Å². The van der Waals surface area contributed by atoms with Crippen molar-refractivity contribution in [2.24, 2.45) is 0 Å². The second kappa shape index (κ2) is 3.12. The van der Waals surface area contributed by atoms with Gasteiger partial charge in [-0.05, 0) is 0 Å². The zero-order valence-corrected chi connectivity index (χ0v) is 6.30. The molecule has 0 aromatic carbocycles. The van der Waals surface area contributed by atoms with Crippen molar-refractivity contribution in [1.82, 2.24) is 0 Å². The van der Waals surface area contributed by atoms with Crippen molar-refractivity contribution in [2.75, 3.05) is 0 Å². The Morgan fingerprint density at radius 1 is 1.70 bits per heavy atom. The maximum absolute atomic E-state index is 10.0. The van der Waals surface area contributed by atoms with E-state index in [1.165, 1.54) is 6.26 Å². The van der Waals surface area contributed by atoms with Gasteiger partial charge in [0, 0.05) is 0 Å². The number of carbonyl (C=O) groups excluding carboxylic acids is 1. The third-order valence-corrected chi connectivity index (χ3v) is 1.33. The summed E-state index contributed by atoms with van der Waals surface area (Å²) in [7, 11) is 0. The Balaban J connectivity index is 2.46. The van der Waals surface area contributed by atoms with Gasteiger partial charge in [0.15, 0.2) is 10.6 Å². The molecule has 0 amide bonds. The topological polar surface area (TPSA) is 35.5 Å². The monoisotopic (exact) mass is 182 g/mol. The molecule has 0 radical (unpaired) electrons. The van der Waals surface area contributed by atoms with Crippen LogP contribution < -0.4 is 0 Å². The molecular formula is C5H4Cl2O3. The minimum absolute atomic E-state index is 0.264. The highest BCUT2D eigenvalue weighted by atomic mass is 35.5. The Hall–Kier alpha value is -0.410. The zero-order valence-electron chi connectivity index (χ0n) is 4.79. The summed E-state index contributed by atoms with van der Waals surface area (Å²) in [6.45, 7) is 0. The van der Waals surface area contributed by atoms with Gasteiger partial charge in [0.1, 0.15) is 6.26 Å². The Kier molecular flexibility index (Phi) is 2.40. The SMILES string of the molecule is O=CC1OC=C(C(Cl)Cl)O1. The van der Waals surface area contributed by atoms with Gasteiger partial charge in [0.25, 0.3) is 6.29 Å². The molecule has 1 heterocycles. The number of ether oxygens (including phenoxy) is 2. The number of halogens is 2. The highest BCUT2D eigenvalue weighted by Crippen LogP contribution is 2.22. The maximum Gasteiger partial charge on any atom is 0.296 e. The van der Waals surface area contributed by atoms with Crippen molar-refractivity contribution >= 4 is 29.5 Å². The van der Waals surface area contributed by atoms with Crippen LogP contribution in [0.2, 0.25) is 0 Å². The van der Waals surface area contributed by atoms with Crippen LogP contribution in [0.15, 0.2) is 12.0 Å². The molecule has 5 heteroatoms. The van der Waals surface area contributed by atoms with Gasteiger partial charge in [-0.3, -0.25) is 4.79 Å². The fourth-order valence-electron chi connectivity index (χ4n) is 0.487. The fourth-order valence-corrected chi connectivity index (χ4v) is 0.692.